The molecule has 0 heterocycles. The molecule has 0 atom stereocenters. The number of anilines is 1. The van der Waals surface area contributed by atoms with Gasteiger partial charge in [0, 0.05) is 11.7 Å². The summed E-state index contributed by atoms with van der Waals surface area (Å²) in [6, 6.07) is 6.83. The highest BCUT2D eigenvalue weighted by Gasteiger charge is 2.17. The first-order valence-electron chi connectivity index (χ1n) is 7.97. The molecule has 3 heteroatoms. The first-order chi connectivity index (χ1) is 9.83. The van der Waals surface area contributed by atoms with E-state index in [1.807, 2.05) is 0 Å². The molecule has 1 fully saturated rings. The van der Waals surface area contributed by atoms with Crippen molar-refractivity contribution < 1.29 is 4.79 Å². The van der Waals surface area contributed by atoms with Gasteiger partial charge in [-0.2, -0.15) is 0 Å². The molecule has 1 amide bonds. The Hall–Kier alpha value is -1.51. The Morgan fingerprint density at radius 3 is 2.75 bits per heavy atom. The molecule has 2 aliphatic rings. The summed E-state index contributed by atoms with van der Waals surface area (Å²) in [5.74, 6) is 0.130. The first kappa shape index (κ1) is 13.5. The van der Waals surface area contributed by atoms with Gasteiger partial charge in [-0.05, 0) is 55.7 Å². The van der Waals surface area contributed by atoms with Crippen molar-refractivity contribution in [3.05, 3.63) is 29.3 Å². The van der Waals surface area contributed by atoms with Gasteiger partial charge in [0.05, 0.1) is 6.54 Å². The zero-order valence-electron chi connectivity index (χ0n) is 12.1. The fraction of sp³-hybridized carbons (Fsp3) is 0.588. The summed E-state index contributed by atoms with van der Waals surface area (Å²) >= 11 is 0. The number of rotatable bonds is 4. The maximum absolute atomic E-state index is 12.0. The molecule has 0 aromatic heterocycles. The zero-order chi connectivity index (χ0) is 13.8. The highest BCUT2D eigenvalue weighted by atomic mass is 16.1. The minimum absolute atomic E-state index is 0.130. The average molecular weight is 272 g/mol. The molecule has 0 aliphatic heterocycles. The Kier molecular flexibility index (Phi) is 4.24. The summed E-state index contributed by atoms with van der Waals surface area (Å²) in [6.07, 6.45) is 9.68. The van der Waals surface area contributed by atoms with Crippen LogP contribution < -0.4 is 10.6 Å². The molecule has 1 aromatic carbocycles. The predicted octanol–water partition coefficient (Wildman–Crippen LogP) is 3.04. The van der Waals surface area contributed by atoms with E-state index in [-0.39, 0.29) is 5.91 Å². The van der Waals surface area contributed by atoms with Crippen molar-refractivity contribution in [2.75, 3.05) is 11.9 Å². The summed E-state index contributed by atoms with van der Waals surface area (Å²) in [5.41, 5.74) is 4.04. The molecule has 3 rings (SSSR count). The lowest BCUT2D eigenvalue weighted by Crippen LogP contribution is -2.36. The van der Waals surface area contributed by atoms with Crippen LogP contribution in [0.1, 0.15) is 49.7 Å². The van der Waals surface area contributed by atoms with Crippen LogP contribution in [0.3, 0.4) is 0 Å². The summed E-state index contributed by atoms with van der Waals surface area (Å²) < 4.78 is 0. The molecular weight excluding hydrogens is 248 g/mol. The molecule has 0 unspecified atom stereocenters. The van der Waals surface area contributed by atoms with Crippen LogP contribution in [-0.2, 0) is 17.6 Å². The quantitative estimate of drug-likeness (QED) is 0.884. The minimum atomic E-state index is 0.130. The van der Waals surface area contributed by atoms with Crippen LogP contribution in [0.5, 0.6) is 0 Å². The monoisotopic (exact) mass is 272 g/mol. The normalized spacial score (nSPS) is 18.6. The van der Waals surface area contributed by atoms with Crippen molar-refractivity contribution in [1.29, 1.82) is 0 Å². The molecule has 1 aromatic rings. The number of carbonyl (C=O) groups is 1. The Morgan fingerprint density at radius 2 is 1.90 bits per heavy atom. The smallest absolute Gasteiger partial charge is 0.239 e. The highest BCUT2D eigenvalue weighted by molar-refractivity contribution is 5.81. The van der Waals surface area contributed by atoms with Gasteiger partial charge in [0.25, 0.3) is 0 Å². The van der Waals surface area contributed by atoms with Gasteiger partial charge in [-0.3, -0.25) is 4.79 Å². The van der Waals surface area contributed by atoms with Crippen LogP contribution in [0.2, 0.25) is 0 Å². The van der Waals surface area contributed by atoms with Crippen molar-refractivity contribution in [2.45, 2.75) is 57.4 Å². The van der Waals surface area contributed by atoms with Gasteiger partial charge >= 0.3 is 0 Å². The minimum Gasteiger partial charge on any atom is -0.376 e. The third kappa shape index (κ3) is 3.14. The van der Waals surface area contributed by atoms with Crippen molar-refractivity contribution in [3.8, 4) is 0 Å². The number of benzene rings is 1. The second kappa shape index (κ2) is 6.29. The Bertz CT molecular complexity index is 478. The number of aryl methyl sites for hydroxylation is 1. The van der Waals surface area contributed by atoms with Crippen molar-refractivity contribution in [1.82, 2.24) is 5.32 Å². The third-order valence-corrected chi connectivity index (χ3v) is 4.56. The molecule has 1 saturated carbocycles. The summed E-state index contributed by atoms with van der Waals surface area (Å²) in [6.45, 7) is 0.396. The standard InChI is InChI=1S/C17H24N2O/c20-17(19-14-8-2-3-9-14)12-18-16-11-5-7-13-6-1-4-10-15(13)16/h5,7,11,14,18H,1-4,6,8-10,12H2,(H,19,20). The van der Waals surface area contributed by atoms with E-state index in [1.165, 1.54) is 43.2 Å². The lowest BCUT2D eigenvalue weighted by molar-refractivity contribution is -0.120. The zero-order valence-corrected chi connectivity index (χ0v) is 12.1. The maximum atomic E-state index is 12.0. The van der Waals surface area contributed by atoms with E-state index >= 15 is 0 Å². The molecule has 108 valence electrons. The van der Waals surface area contributed by atoms with E-state index in [1.54, 1.807) is 0 Å². The molecule has 3 nitrogen and oxygen atoms in total. The molecule has 2 N–H and O–H groups in total. The highest BCUT2D eigenvalue weighted by Crippen LogP contribution is 2.27. The summed E-state index contributed by atoms with van der Waals surface area (Å²) in [4.78, 5) is 12.0. The van der Waals surface area contributed by atoms with Crippen molar-refractivity contribution in [2.24, 2.45) is 0 Å². The van der Waals surface area contributed by atoms with Gasteiger partial charge in [-0.1, -0.05) is 25.0 Å². The second-order valence-corrected chi connectivity index (χ2v) is 6.05. The number of carbonyl (C=O) groups excluding carboxylic acids is 1. The fourth-order valence-electron chi connectivity index (χ4n) is 3.47. The molecular formula is C17H24N2O. The first-order valence-corrected chi connectivity index (χ1v) is 7.97. The van der Waals surface area contributed by atoms with Crippen LogP contribution in [0.25, 0.3) is 0 Å². The van der Waals surface area contributed by atoms with Crippen LogP contribution in [0, 0.1) is 0 Å². The van der Waals surface area contributed by atoms with E-state index in [9.17, 15) is 4.79 Å². The predicted molar refractivity (Wildman–Crippen MR) is 82.0 cm³/mol. The van der Waals surface area contributed by atoms with Crippen molar-refractivity contribution >= 4 is 11.6 Å². The Labute approximate surface area is 121 Å². The second-order valence-electron chi connectivity index (χ2n) is 6.05. The van der Waals surface area contributed by atoms with Crippen LogP contribution in [0.15, 0.2) is 18.2 Å². The summed E-state index contributed by atoms with van der Waals surface area (Å²) in [7, 11) is 0. The Balaban J connectivity index is 1.56. The number of hydrogen-bond acceptors (Lipinski definition) is 2. The lowest BCUT2D eigenvalue weighted by atomic mass is 9.90. The van der Waals surface area contributed by atoms with E-state index in [0.29, 0.717) is 12.6 Å². The van der Waals surface area contributed by atoms with Gasteiger partial charge < -0.3 is 10.6 Å². The van der Waals surface area contributed by atoms with Gasteiger partial charge in [0.2, 0.25) is 5.91 Å². The molecule has 2 aliphatic carbocycles. The van der Waals surface area contributed by atoms with Crippen LogP contribution in [-0.4, -0.2) is 18.5 Å². The summed E-state index contributed by atoms with van der Waals surface area (Å²) in [5, 5.41) is 6.46. The topological polar surface area (TPSA) is 41.1 Å². The SMILES string of the molecule is O=C(CNc1cccc2c1CCCC2)NC1CCCC1. The van der Waals surface area contributed by atoms with Crippen LogP contribution >= 0.6 is 0 Å². The molecule has 0 bridgehead atoms. The number of nitrogens with one attached hydrogen (secondary N) is 2. The molecule has 0 saturated heterocycles. The van der Waals surface area contributed by atoms with Gasteiger partial charge in [0.1, 0.15) is 0 Å². The largest absolute Gasteiger partial charge is 0.376 e. The molecule has 0 radical (unpaired) electrons. The third-order valence-electron chi connectivity index (χ3n) is 4.56. The molecule has 20 heavy (non-hydrogen) atoms. The van der Waals surface area contributed by atoms with E-state index < -0.39 is 0 Å². The van der Waals surface area contributed by atoms with Crippen molar-refractivity contribution in [3.63, 3.8) is 0 Å². The maximum Gasteiger partial charge on any atom is 0.239 e. The fourth-order valence-corrected chi connectivity index (χ4v) is 3.47. The lowest BCUT2D eigenvalue weighted by Gasteiger charge is -2.20. The van der Waals surface area contributed by atoms with E-state index in [2.05, 4.69) is 28.8 Å². The Morgan fingerprint density at radius 1 is 1.10 bits per heavy atom. The number of fused-ring (bicyclic) bond motifs is 1. The number of hydrogen-bond donors (Lipinski definition) is 2. The van der Waals surface area contributed by atoms with Gasteiger partial charge in [-0.15, -0.1) is 0 Å². The van der Waals surface area contributed by atoms with E-state index in [0.717, 1.165) is 24.9 Å². The van der Waals surface area contributed by atoms with Gasteiger partial charge in [0.15, 0.2) is 0 Å². The van der Waals surface area contributed by atoms with E-state index in [4.69, 9.17) is 0 Å². The van der Waals surface area contributed by atoms with Crippen LogP contribution in [0.4, 0.5) is 5.69 Å². The number of amides is 1. The van der Waals surface area contributed by atoms with Gasteiger partial charge in [-0.25, -0.2) is 0 Å². The average Bonchev–Trinajstić information content (AvgIpc) is 2.98. The molecule has 0 spiro atoms.